The zero-order valence-electron chi connectivity index (χ0n) is 11.9. The molecule has 2 heterocycles. The van der Waals surface area contributed by atoms with Crippen LogP contribution in [0, 0.1) is 0 Å². The van der Waals surface area contributed by atoms with Gasteiger partial charge in [-0.3, -0.25) is 19.4 Å². The van der Waals surface area contributed by atoms with Crippen molar-refractivity contribution in [3.05, 3.63) is 44.6 Å². The molecule has 0 amide bonds. The molecule has 0 saturated carbocycles. The second kappa shape index (κ2) is 7.07. The predicted octanol–water partition coefficient (Wildman–Crippen LogP) is 0.978. The van der Waals surface area contributed by atoms with E-state index in [-0.39, 0.29) is 0 Å². The zero-order valence-corrected chi connectivity index (χ0v) is 12.7. The van der Waals surface area contributed by atoms with Crippen LogP contribution in [0.2, 0.25) is 0 Å². The third kappa shape index (κ3) is 4.19. The van der Waals surface area contributed by atoms with Crippen molar-refractivity contribution in [2.75, 3.05) is 11.9 Å². The van der Waals surface area contributed by atoms with Gasteiger partial charge in [-0.05, 0) is 18.1 Å². The number of hydrogen-bond acceptors (Lipinski definition) is 6. The van der Waals surface area contributed by atoms with Gasteiger partial charge >= 0.3 is 11.1 Å². The highest BCUT2D eigenvalue weighted by molar-refractivity contribution is 7.98. The number of aromatic nitrogens is 4. The summed E-state index contributed by atoms with van der Waals surface area (Å²) in [5, 5.41) is 6.08. The topological polar surface area (TPSA) is 92.7 Å². The standard InChI is InChI=1S/C13H17N5O2S/c1-3-6-14-10-5-4-9(7-15-10)8-21-13-16-11(19)12(20)17-18(13)2/h4-5,7H,3,6,8H2,1-2H3,(H,14,15)(H,17,20). The number of pyridine rings is 1. The molecule has 0 aliphatic carbocycles. The van der Waals surface area contributed by atoms with Gasteiger partial charge in [0, 0.05) is 25.5 Å². The predicted molar refractivity (Wildman–Crippen MR) is 82.7 cm³/mol. The first-order valence-corrected chi connectivity index (χ1v) is 7.57. The average Bonchev–Trinajstić information content (AvgIpc) is 2.48. The molecule has 7 nitrogen and oxygen atoms in total. The van der Waals surface area contributed by atoms with E-state index in [1.54, 1.807) is 13.2 Å². The number of aromatic amines is 1. The second-order valence-corrected chi connectivity index (χ2v) is 5.41. The number of hydrogen-bond donors (Lipinski definition) is 2. The number of rotatable bonds is 6. The van der Waals surface area contributed by atoms with Gasteiger partial charge in [0.25, 0.3) is 0 Å². The smallest absolute Gasteiger partial charge is 0.339 e. The van der Waals surface area contributed by atoms with Gasteiger partial charge in [-0.2, -0.15) is 4.98 Å². The molecule has 0 aliphatic heterocycles. The molecule has 0 spiro atoms. The van der Waals surface area contributed by atoms with Gasteiger partial charge in [0.1, 0.15) is 5.82 Å². The minimum absolute atomic E-state index is 0.466. The van der Waals surface area contributed by atoms with Crippen LogP contribution in [0.3, 0.4) is 0 Å². The van der Waals surface area contributed by atoms with Gasteiger partial charge in [0.15, 0.2) is 5.16 Å². The summed E-state index contributed by atoms with van der Waals surface area (Å²) in [4.78, 5) is 30.4. The monoisotopic (exact) mass is 307 g/mol. The lowest BCUT2D eigenvalue weighted by Gasteiger charge is -2.07. The van der Waals surface area contributed by atoms with Crippen molar-refractivity contribution in [1.82, 2.24) is 19.7 Å². The number of nitrogens with zero attached hydrogens (tertiary/aromatic N) is 3. The van der Waals surface area contributed by atoms with Crippen LogP contribution in [0.15, 0.2) is 33.1 Å². The van der Waals surface area contributed by atoms with E-state index < -0.39 is 11.1 Å². The van der Waals surface area contributed by atoms with E-state index in [9.17, 15) is 9.59 Å². The molecule has 0 bridgehead atoms. The third-order valence-electron chi connectivity index (χ3n) is 2.70. The van der Waals surface area contributed by atoms with Crippen LogP contribution in [-0.2, 0) is 12.8 Å². The molecule has 2 rings (SSSR count). The summed E-state index contributed by atoms with van der Waals surface area (Å²) in [6.07, 6.45) is 2.83. The summed E-state index contributed by atoms with van der Waals surface area (Å²) in [6, 6.07) is 3.90. The van der Waals surface area contributed by atoms with Crippen molar-refractivity contribution >= 4 is 17.6 Å². The first-order chi connectivity index (χ1) is 10.1. The molecule has 2 aromatic rings. The van der Waals surface area contributed by atoms with Crippen LogP contribution in [0.25, 0.3) is 0 Å². The van der Waals surface area contributed by atoms with E-state index >= 15 is 0 Å². The molecule has 2 aromatic heterocycles. The Morgan fingerprint density at radius 3 is 2.86 bits per heavy atom. The largest absolute Gasteiger partial charge is 0.370 e. The highest BCUT2D eigenvalue weighted by Gasteiger charge is 2.05. The second-order valence-electron chi connectivity index (χ2n) is 4.47. The first kappa shape index (κ1) is 15.3. The van der Waals surface area contributed by atoms with Gasteiger partial charge < -0.3 is 5.32 Å². The summed E-state index contributed by atoms with van der Waals surface area (Å²) >= 11 is 1.37. The van der Waals surface area contributed by atoms with Crippen LogP contribution < -0.4 is 16.4 Å². The average molecular weight is 307 g/mol. The number of anilines is 1. The summed E-state index contributed by atoms with van der Waals surface area (Å²) in [7, 11) is 1.65. The molecule has 0 radical (unpaired) electrons. The van der Waals surface area contributed by atoms with Crippen LogP contribution in [-0.4, -0.2) is 26.3 Å². The van der Waals surface area contributed by atoms with E-state index in [1.807, 2.05) is 12.1 Å². The van der Waals surface area contributed by atoms with Crippen LogP contribution >= 0.6 is 11.8 Å². The molecule has 2 N–H and O–H groups in total. The van der Waals surface area contributed by atoms with E-state index in [1.165, 1.54) is 16.4 Å². The summed E-state index contributed by atoms with van der Waals surface area (Å²) in [5.74, 6) is 1.47. The molecule has 8 heteroatoms. The molecule has 0 unspecified atom stereocenters. The van der Waals surface area contributed by atoms with Crippen molar-refractivity contribution in [1.29, 1.82) is 0 Å². The Morgan fingerprint density at radius 1 is 1.38 bits per heavy atom. The van der Waals surface area contributed by atoms with Crippen molar-refractivity contribution in [2.24, 2.45) is 7.05 Å². The molecule has 0 aliphatic rings. The van der Waals surface area contributed by atoms with Gasteiger partial charge in [-0.15, -0.1) is 0 Å². The van der Waals surface area contributed by atoms with E-state index in [2.05, 4.69) is 27.3 Å². The van der Waals surface area contributed by atoms with Crippen molar-refractivity contribution in [3.8, 4) is 0 Å². The summed E-state index contributed by atoms with van der Waals surface area (Å²) in [6.45, 7) is 2.99. The SMILES string of the molecule is CCCNc1ccc(CSc2nc(=O)c(=O)[nH]n2C)cn1. The molecule has 0 atom stereocenters. The highest BCUT2D eigenvalue weighted by atomic mass is 32.2. The summed E-state index contributed by atoms with van der Waals surface area (Å²) < 4.78 is 1.44. The van der Waals surface area contributed by atoms with Gasteiger partial charge in [-0.1, -0.05) is 24.8 Å². The van der Waals surface area contributed by atoms with E-state index in [0.717, 1.165) is 24.3 Å². The van der Waals surface area contributed by atoms with Crippen molar-refractivity contribution < 1.29 is 0 Å². The molecule has 21 heavy (non-hydrogen) atoms. The Labute approximate surface area is 125 Å². The normalized spacial score (nSPS) is 10.6. The molecule has 0 fully saturated rings. The Hall–Kier alpha value is -2.09. The van der Waals surface area contributed by atoms with Crippen molar-refractivity contribution in [3.63, 3.8) is 0 Å². The third-order valence-corrected chi connectivity index (χ3v) is 3.80. The lowest BCUT2D eigenvalue weighted by Crippen LogP contribution is -2.33. The van der Waals surface area contributed by atoms with Gasteiger partial charge in [-0.25, -0.2) is 4.98 Å². The highest BCUT2D eigenvalue weighted by Crippen LogP contribution is 2.18. The molecule has 0 aromatic carbocycles. The fraction of sp³-hybridized carbons (Fsp3) is 0.385. The van der Waals surface area contributed by atoms with E-state index in [4.69, 9.17) is 0 Å². The fourth-order valence-electron chi connectivity index (χ4n) is 1.61. The van der Waals surface area contributed by atoms with Crippen molar-refractivity contribution in [2.45, 2.75) is 24.3 Å². The van der Waals surface area contributed by atoms with E-state index in [0.29, 0.717) is 10.9 Å². The number of aryl methyl sites for hydroxylation is 1. The molecule has 112 valence electrons. The Kier molecular flexibility index (Phi) is 5.15. The van der Waals surface area contributed by atoms with Crippen LogP contribution in [0.4, 0.5) is 5.82 Å². The lowest BCUT2D eigenvalue weighted by atomic mass is 10.3. The Morgan fingerprint density at radius 2 is 2.19 bits per heavy atom. The maximum Gasteiger partial charge on any atom is 0.339 e. The van der Waals surface area contributed by atoms with Crippen LogP contribution in [0.1, 0.15) is 18.9 Å². The number of H-pyrrole nitrogens is 1. The number of nitrogens with one attached hydrogen (secondary N) is 2. The maximum atomic E-state index is 11.2. The first-order valence-electron chi connectivity index (χ1n) is 6.59. The van der Waals surface area contributed by atoms with Gasteiger partial charge in [0.2, 0.25) is 0 Å². The van der Waals surface area contributed by atoms with Crippen LogP contribution in [0.5, 0.6) is 0 Å². The molecule has 0 saturated heterocycles. The zero-order chi connectivity index (χ0) is 15.2. The minimum Gasteiger partial charge on any atom is -0.370 e. The number of thioether (sulfide) groups is 1. The fourth-order valence-corrected chi connectivity index (χ4v) is 2.46. The summed E-state index contributed by atoms with van der Waals surface area (Å²) in [5.41, 5.74) is -0.467. The molecular weight excluding hydrogens is 290 g/mol. The Balaban J connectivity index is 2.01. The minimum atomic E-state index is -0.771. The quantitative estimate of drug-likeness (QED) is 0.610. The molecular formula is C13H17N5O2S. The maximum absolute atomic E-state index is 11.2. The van der Waals surface area contributed by atoms with Gasteiger partial charge in [0.05, 0.1) is 0 Å². The Bertz CT molecular complexity index is 708. The lowest BCUT2D eigenvalue weighted by molar-refractivity contribution is 0.596.